The van der Waals surface area contributed by atoms with Gasteiger partial charge in [0.2, 0.25) is 0 Å². The second-order valence-electron chi connectivity index (χ2n) is 2.30. The van der Waals surface area contributed by atoms with Crippen LogP contribution >= 0.6 is 0 Å². The molecular weight excluding hydrogens is 144 g/mol. The van der Waals surface area contributed by atoms with Gasteiger partial charge in [-0.3, -0.25) is 5.10 Å². The molecule has 1 aromatic heterocycles. The van der Waals surface area contributed by atoms with Gasteiger partial charge in [-0.25, -0.2) is 4.98 Å². The quantitative estimate of drug-likeness (QED) is 0.544. The van der Waals surface area contributed by atoms with Crippen LogP contribution in [0.4, 0.5) is 0 Å². The summed E-state index contributed by atoms with van der Waals surface area (Å²) in [6.07, 6.45) is 0. The van der Waals surface area contributed by atoms with E-state index in [1.165, 1.54) is 0 Å². The molecular formula is C6H12N4O. The smallest absolute Gasteiger partial charge is 0.169 e. The lowest BCUT2D eigenvalue weighted by Gasteiger charge is -2.06. The Morgan fingerprint density at radius 3 is 2.82 bits per heavy atom. The van der Waals surface area contributed by atoms with E-state index >= 15 is 0 Å². The Morgan fingerprint density at radius 2 is 2.45 bits per heavy atom. The molecule has 0 saturated carbocycles. The van der Waals surface area contributed by atoms with Crippen LogP contribution in [0.5, 0.6) is 0 Å². The summed E-state index contributed by atoms with van der Waals surface area (Å²) >= 11 is 0. The van der Waals surface area contributed by atoms with Crippen LogP contribution in [0.2, 0.25) is 0 Å². The minimum absolute atomic E-state index is 0.00773. The maximum Gasteiger partial charge on any atom is 0.169 e. The van der Waals surface area contributed by atoms with Crippen LogP contribution in [0.3, 0.4) is 0 Å². The molecule has 11 heavy (non-hydrogen) atoms. The van der Waals surface area contributed by atoms with Crippen molar-refractivity contribution in [3.8, 4) is 0 Å². The van der Waals surface area contributed by atoms with E-state index in [2.05, 4.69) is 20.5 Å². The molecule has 3 N–H and O–H groups in total. The fraction of sp³-hybridized carbons (Fsp3) is 0.667. The maximum absolute atomic E-state index is 8.83. The van der Waals surface area contributed by atoms with E-state index in [4.69, 9.17) is 5.11 Å². The molecule has 0 spiro atoms. The van der Waals surface area contributed by atoms with E-state index in [1.54, 1.807) is 7.05 Å². The summed E-state index contributed by atoms with van der Waals surface area (Å²) in [4.78, 5) is 4.06. The molecule has 0 aliphatic heterocycles. The highest BCUT2D eigenvalue weighted by molar-refractivity contribution is 4.94. The Labute approximate surface area is 64.9 Å². The minimum Gasteiger partial charge on any atom is -0.394 e. The van der Waals surface area contributed by atoms with Crippen molar-refractivity contribution in [1.82, 2.24) is 20.5 Å². The van der Waals surface area contributed by atoms with Crippen LogP contribution in [0.25, 0.3) is 0 Å². The van der Waals surface area contributed by atoms with E-state index in [1.807, 2.05) is 6.92 Å². The zero-order valence-corrected chi connectivity index (χ0v) is 6.63. The molecule has 1 unspecified atom stereocenters. The molecule has 5 nitrogen and oxygen atoms in total. The van der Waals surface area contributed by atoms with Crippen LogP contribution < -0.4 is 5.32 Å². The number of hydrogen-bond acceptors (Lipinski definition) is 4. The van der Waals surface area contributed by atoms with Crippen molar-refractivity contribution >= 4 is 0 Å². The topological polar surface area (TPSA) is 73.8 Å². The highest BCUT2D eigenvalue weighted by Gasteiger charge is 2.11. The average Bonchev–Trinajstić information content (AvgIpc) is 2.39. The number of nitrogens with zero attached hydrogens (tertiary/aromatic N) is 2. The second kappa shape index (κ2) is 3.45. The lowest BCUT2D eigenvalue weighted by molar-refractivity contribution is 0.246. The highest BCUT2D eigenvalue weighted by atomic mass is 16.3. The first-order valence-corrected chi connectivity index (χ1v) is 3.45. The molecule has 0 amide bonds. The molecule has 1 aromatic rings. The van der Waals surface area contributed by atoms with E-state index in [-0.39, 0.29) is 12.6 Å². The monoisotopic (exact) mass is 156 g/mol. The summed E-state index contributed by atoms with van der Waals surface area (Å²) in [5.74, 6) is 1.36. The third-order valence-corrected chi connectivity index (χ3v) is 1.46. The molecule has 0 bridgehead atoms. The van der Waals surface area contributed by atoms with Gasteiger partial charge in [0.15, 0.2) is 5.82 Å². The van der Waals surface area contributed by atoms with Crippen LogP contribution in [0, 0.1) is 6.92 Å². The Hall–Kier alpha value is -0.940. The largest absolute Gasteiger partial charge is 0.394 e. The van der Waals surface area contributed by atoms with Crippen LogP contribution in [-0.2, 0) is 0 Å². The van der Waals surface area contributed by atoms with Gasteiger partial charge in [0, 0.05) is 0 Å². The number of rotatable bonds is 3. The molecule has 0 aliphatic rings. The number of aliphatic hydroxyl groups is 1. The van der Waals surface area contributed by atoms with Gasteiger partial charge in [-0.05, 0) is 14.0 Å². The molecule has 0 radical (unpaired) electrons. The molecule has 62 valence electrons. The fourth-order valence-corrected chi connectivity index (χ4v) is 0.818. The standard InChI is InChI=1S/C6H12N4O/c1-4-8-6(10-9-4)5(3-11)7-2/h5,7,11H,3H2,1-2H3,(H,8,9,10). The molecule has 5 heteroatoms. The summed E-state index contributed by atoms with van der Waals surface area (Å²) in [6, 6.07) is -0.167. The maximum atomic E-state index is 8.83. The van der Waals surface area contributed by atoms with E-state index in [9.17, 15) is 0 Å². The minimum atomic E-state index is -0.167. The Bertz CT molecular complexity index is 218. The molecule has 1 rings (SSSR count). The SMILES string of the molecule is CNC(CO)c1n[nH]c(C)n1. The van der Waals surface area contributed by atoms with Gasteiger partial charge in [-0.15, -0.1) is 0 Å². The van der Waals surface area contributed by atoms with Gasteiger partial charge in [0.1, 0.15) is 5.82 Å². The Morgan fingerprint density at radius 1 is 1.73 bits per heavy atom. The first-order chi connectivity index (χ1) is 5.27. The van der Waals surface area contributed by atoms with Crippen LogP contribution in [0.15, 0.2) is 0 Å². The van der Waals surface area contributed by atoms with Gasteiger partial charge in [-0.1, -0.05) is 0 Å². The average molecular weight is 156 g/mol. The Balaban J connectivity index is 2.73. The molecule has 0 aromatic carbocycles. The fourth-order valence-electron chi connectivity index (χ4n) is 0.818. The summed E-state index contributed by atoms with van der Waals surface area (Å²) in [5, 5.41) is 18.3. The van der Waals surface area contributed by atoms with Crippen molar-refractivity contribution in [2.24, 2.45) is 0 Å². The van der Waals surface area contributed by atoms with Crippen LogP contribution in [-0.4, -0.2) is 33.9 Å². The van der Waals surface area contributed by atoms with E-state index in [0.29, 0.717) is 5.82 Å². The first kappa shape index (κ1) is 8.16. The summed E-state index contributed by atoms with van der Waals surface area (Å²) < 4.78 is 0. The number of aromatic nitrogens is 3. The zero-order chi connectivity index (χ0) is 8.27. The van der Waals surface area contributed by atoms with Gasteiger partial charge in [0.05, 0.1) is 12.6 Å². The normalized spacial score (nSPS) is 13.4. The predicted octanol–water partition coefficient (Wildman–Crippen LogP) is -0.634. The second-order valence-corrected chi connectivity index (χ2v) is 2.30. The van der Waals surface area contributed by atoms with Crippen molar-refractivity contribution < 1.29 is 5.11 Å². The van der Waals surface area contributed by atoms with Crippen molar-refractivity contribution in [1.29, 1.82) is 0 Å². The number of likely N-dealkylation sites (N-methyl/N-ethyl adjacent to an activating group) is 1. The third kappa shape index (κ3) is 1.75. The number of aliphatic hydroxyl groups excluding tert-OH is 1. The predicted molar refractivity (Wildman–Crippen MR) is 40.0 cm³/mol. The summed E-state index contributed by atoms with van der Waals surface area (Å²) in [5.41, 5.74) is 0. The van der Waals surface area contributed by atoms with E-state index < -0.39 is 0 Å². The van der Waals surface area contributed by atoms with Gasteiger partial charge >= 0.3 is 0 Å². The molecule has 1 heterocycles. The number of aryl methyl sites for hydroxylation is 1. The third-order valence-electron chi connectivity index (χ3n) is 1.46. The number of hydrogen-bond donors (Lipinski definition) is 3. The van der Waals surface area contributed by atoms with E-state index in [0.717, 1.165) is 5.82 Å². The van der Waals surface area contributed by atoms with Crippen molar-refractivity contribution in [3.05, 3.63) is 11.6 Å². The zero-order valence-electron chi connectivity index (χ0n) is 6.63. The summed E-state index contributed by atoms with van der Waals surface area (Å²) in [7, 11) is 1.76. The lowest BCUT2D eigenvalue weighted by Crippen LogP contribution is -2.21. The van der Waals surface area contributed by atoms with Crippen molar-refractivity contribution in [2.75, 3.05) is 13.7 Å². The van der Waals surface area contributed by atoms with Gasteiger partial charge in [-0.2, -0.15) is 5.10 Å². The number of nitrogens with one attached hydrogen (secondary N) is 2. The highest BCUT2D eigenvalue weighted by Crippen LogP contribution is 2.04. The Kier molecular flexibility index (Phi) is 2.56. The lowest BCUT2D eigenvalue weighted by atomic mass is 10.3. The first-order valence-electron chi connectivity index (χ1n) is 3.45. The molecule has 0 fully saturated rings. The van der Waals surface area contributed by atoms with Crippen LogP contribution in [0.1, 0.15) is 17.7 Å². The van der Waals surface area contributed by atoms with Crippen molar-refractivity contribution in [3.63, 3.8) is 0 Å². The molecule has 0 saturated heterocycles. The van der Waals surface area contributed by atoms with Gasteiger partial charge in [0.25, 0.3) is 0 Å². The van der Waals surface area contributed by atoms with Gasteiger partial charge < -0.3 is 10.4 Å². The van der Waals surface area contributed by atoms with Crippen molar-refractivity contribution in [2.45, 2.75) is 13.0 Å². The summed E-state index contributed by atoms with van der Waals surface area (Å²) in [6.45, 7) is 1.83. The number of H-pyrrole nitrogens is 1. The molecule has 0 aliphatic carbocycles. The number of aromatic amines is 1. The molecule has 1 atom stereocenters.